The minimum absolute atomic E-state index is 0.0572. The Morgan fingerprint density at radius 2 is 1.79 bits per heavy atom. The number of nitrogens with zero attached hydrogens (tertiary/aromatic N) is 3. The molecule has 0 spiro atoms. The van der Waals surface area contributed by atoms with E-state index in [9.17, 15) is 9.59 Å². The van der Waals surface area contributed by atoms with Gasteiger partial charge in [0.05, 0.1) is 30.7 Å². The average Bonchev–Trinajstić information content (AvgIpc) is 2.39. The Balaban J connectivity index is 4.34. The van der Waals surface area contributed by atoms with E-state index >= 15 is 0 Å². The van der Waals surface area contributed by atoms with Gasteiger partial charge in [-0.15, -0.1) is 11.8 Å². The van der Waals surface area contributed by atoms with Gasteiger partial charge in [0, 0.05) is 13.1 Å². The fourth-order valence-electron chi connectivity index (χ4n) is 1.36. The van der Waals surface area contributed by atoms with Crippen LogP contribution < -0.4 is 0 Å². The van der Waals surface area contributed by atoms with Crippen molar-refractivity contribution in [3.63, 3.8) is 0 Å². The van der Waals surface area contributed by atoms with Crippen molar-refractivity contribution >= 4 is 23.6 Å². The van der Waals surface area contributed by atoms with E-state index in [0.717, 1.165) is 11.8 Å². The van der Waals surface area contributed by atoms with Crippen molar-refractivity contribution in [1.82, 2.24) is 4.90 Å². The molecular weight excluding hydrogens is 266 g/mol. The summed E-state index contributed by atoms with van der Waals surface area (Å²) in [6, 6.07) is 3.89. The summed E-state index contributed by atoms with van der Waals surface area (Å²) in [7, 11) is 0. The summed E-state index contributed by atoms with van der Waals surface area (Å²) in [5.41, 5.74) is 0. The van der Waals surface area contributed by atoms with E-state index in [4.69, 9.17) is 15.6 Å². The Morgan fingerprint density at radius 3 is 2.16 bits per heavy atom. The van der Waals surface area contributed by atoms with E-state index in [-0.39, 0.29) is 37.6 Å². The van der Waals surface area contributed by atoms with Crippen LogP contribution in [0.25, 0.3) is 0 Å². The summed E-state index contributed by atoms with van der Waals surface area (Å²) in [6.45, 7) is 2.31. The molecular formula is C12H17N3O3S. The van der Waals surface area contributed by atoms with Crippen molar-refractivity contribution in [2.24, 2.45) is 0 Å². The second-order valence-electron chi connectivity index (χ2n) is 3.74. The number of carbonyl (C=O) groups excluding carboxylic acids is 1. The Kier molecular flexibility index (Phi) is 9.29. The SMILES string of the molecule is CCC(SCC(=O)N(CCC#N)CCC#N)C(=O)O. The Labute approximate surface area is 117 Å². The van der Waals surface area contributed by atoms with Crippen molar-refractivity contribution in [2.45, 2.75) is 31.4 Å². The highest BCUT2D eigenvalue weighted by molar-refractivity contribution is 8.01. The van der Waals surface area contributed by atoms with Crippen molar-refractivity contribution in [3.8, 4) is 12.1 Å². The molecule has 104 valence electrons. The first-order valence-corrected chi connectivity index (χ1v) is 6.97. The zero-order valence-electron chi connectivity index (χ0n) is 10.8. The van der Waals surface area contributed by atoms with Gasteiger partial charge in [-0.05, 0) is 6.42 Å². The Hall–Kier alpha value is -1.73. The van der Waals surface area contributed by atoms with Crippen LogP contribution >= 0.6 is 11.8 Å². The summed E-state index contributed by atoms with van der Waals surface area (Å²) >= 11 is 1.08. The standard InChI is InChI=1S/C12H17N3O3S/c1-2-10(12(17)18)19-9-11(16)15(7-3-5-13)8-4-6-14/h10H,2-4,7-9H2,1H3,(H,17,18). The van der Waals surface area contributed by atoms with Crippen molar-refractivity contribution in [1.29, 1.82) is 10.5 Å². The number of thioether (sulfide) groups is 1. The van der Waals surface area contributed by atoms with E-state index in [1.807, 2.05) is 12.1 Å². The van der Waals surface area contributed by atoms with Gasteiger partial charge in [0.1, 0.15) is 5.25 Å². The highest BCUT2D eigenvalue weighted by atomic mass is 32.2. The maximum atomic E-state index is 11.9. The van der Waals surface area contributed by atoms with Crippen LogP contribution in [0.15, 0.2) is 0 Å². The molecule has 0 aliphatic rings. The first kappa shape index (κ1) is 17.3. The fraction of sp³-hybridized carbons (Fsp3) is 0.667. The second kappa shape index (κ2) is 10.2. The van der Waals surface area contributed by atoms with Crippen LogP contribution in [0.2, 0.25) is 0 Å². The van der Waals surface area contributed by atoms with Crippen LogP contribution in [0.1, 0.15) is 26.2 Å². The van der Waals surface area contributed by atoms with E-state index in [2.05, 4.69) is 0 Å². The molecule has 0 bridgehead atoms. The van der Waals surface area contributed by atoms with Crippen LogP contribution in [0.3, 0.4) is 0 Å². The van der Waals surface area contributed by atoms with Gasteiger partial charge < -0.3 is 10.0 Å². The quantitative estimate of drug-likeness (QED) is 0.682. The van der Waals surface area contributed by atoms with Gasteiger partial charge in [0.15, 0.2) is 0 Å². The Bertz CT molecular complexity index is 369. The predicted molar refractivity (Wildman–Crippen MR) is 71.2 cm³/mol. The molecule has 1 N–H and O–H groups in total. The third-order valence-corrected chi connectivity index (χ3v) is 3.74. The van der Waals surface area contributed by atoms with Crippen molar-refractivity contribution < 1.29 is 14.7 Å². The molecule has 1 unspecified atom stereocenters. The van der Waals surface area contributed by atoms with Gasteiger partial charge in [-0.2, -0.15) is 10.5 Å². The summed E-state index contributed by atoms with van der Waals surface area (Å²) in [5, 5.41) is 25.3. The van der Waals surface area contributed by atoms with Crippen LogP contribution in [0, 0.1) is 22.7 Å². The molecule has 19 heavy (non-hydrogen) atoms. The zero-order valence-corrected chi connectivity index (χ0v) is 11.7. The summed E-state index contributed by atoms with van der Waals surface area (Å²) < 4.78 is 0. The van der Waals surface area contributed by atoms with Crippen molar-refractivity contribution in [3.05, 3.63) is 0 Å². The number of carboxylic acids is 1. The lowest BCUT2D eigenvalue weighted by Gasteiger charge is -2.20. The molecule has 0 aliphatic carbocycles. The largest absolute Gasteiger partial charge is 0.480 e. The highest BCUT2D eigenvalue weighted by Crippen LogP contribution is 2.15. The fourth-order valence-corrected chi connectivity index (χ4v) is 2.26. The van der Waals surface area contributed by atoms with Crippen LogP contribution in [0.4, 0.5) is 0 Å². The van der Waals surface area contributed by atoms with E-state index in [0.29, 0.717) is 6.42 Å². The maximum absolute atomic E-state index is 11.9. The molecule has 0 rings (SSSR count). The average molecular weight is 283 g/mol. The topological polar surface area (TPSA) is 105 Å². The number of carboxylic acid groups (broad SMARTS) is 1. The minimum Gasteiger partial charge on any atom is -0.480 e. The molecule has 0 saturated carbocycles. The smallest absolute Gasteiger partial charge is 0.316 e. The number of amides is 1. The number of carbonyl (C=O) groups is 2. The van der Waals surface area contributed by atoms with E-state index in [1.165, 1.54) is 4.90 Å². The molecule has 0 aliphatic heterocycles. The van der Waals surface area contributed by atoms with Crippen LogP contribution in [0.5, 0.6) is 0 Å². The zero-order chi connectivity index (χ0) is 14.7. The molecule has 0 aromatic carbocycles. The second-order valence-corrected chi connectivity index (χ2v) is 4.93. The highest BCUT2D eigenvalue weighted by Gasteiger charge is 2.19. The molecule has 1 atom stereocenters. The van der Waals surface area contributed by atoms with Gasteiger partial charge in [-0.1, -0.05) is 6.92 Å². The Morgan fingerprint density at radius 1 is 1.26 bits per heavy atom. The molecule has 0 radical (unpaired) electrons. The summed E-state index contributed by atoms with van der Waals surface area (Å²) in [5.74, 6) is -1.10. The normalized spacial score (nSPS) is 11.1. The number of hydrogen-bond donors (Lipinski definition) is 1. The first-order chi connectivity index (χ1) is 9.06. The third kappa shape index (κ3) is 7.32. The lowest BCUT2D eigenvalue weighted by Crippen LogP contribution is -2.35. The number of nitriles is 2. The molecule has 0 heterocycles. The summed E-state index contributed by atoms with van der Waals surface area (Å²) in [6.07, 6.45) is 0.861. The predicted octanol–water partition coefficient (Wildman–Crippen LogP) is 1.24. The molecule has 1 amide bonds. The molecule has 0 aromatic heterocycles. The number of aliphatic carboxylic acids is 1. The summed E-state index contributed by atoms with van der Waals surface area (Å²) in [4.78, 5) is 24.2. The monoisotopic (exact) mass is 283 g/mol. The lowest BCUT2D eigenvalue weighted by molar-refractivity contribution is -0.136. The molecule has 0 saturated heterocycles. The van der Waals surface area contributed by atoms with Gasteiger partial charge in [0.2, 0.25) is 5.91 Å². The van der Waals surface area contributed by atoms with Gasteiger partial charge in [-0.25, -0.2) is 0 Å². The van der Waals surface area contributed by atoms with E-state index in [1.54, 1.807) is 6.92 Å². The van der Waals surface area contributed by atoms with Crippen LogP contribution in [-0.4, -0.2) is 46.0 Å². The molecule has 6 nitrogen and oxygen atoms in total. The van der Waals surface area contributed by atoms with Gasteiger partial charge in [0.25, 0.3) is 0 Å². The molecule has 0 aromatic rings. The number of rotatable bonds is 9. The molecule has 7 heteroatoms. The van der Waals surface area contributed by atoms with Gasteiger partial charge >= 0.3 is 5.97 Å². The maximum Gasteiger partial charge on any atom is 0.316 e. The first-order valence-electron chi connectivity index (χ1n) is 5.92. The van der Waals surface area contributed by atoms with Gasteiger partial charge in [-0.3, -0.25) is 9.59 Å². The third-order valence-electron chi connectivity index (χ3n) is 2.39. The van der Waals surface area contributed by atoms with E-state index < -0.39 is 11.2 Å². The minimum atomic E-state index is -0.930. The lowest BCUT2D eigenvalue weighted by atomic mass is 10.3. The van der Waals surface area contributed by atoms with Crippen molar-refractivity contribution in [2.75, 3.05) is 18.8 Å². The van der Waals surface area contributed by atoms with Crippen LogP contribution in [-0.2, 0) is 9.59 Å². The number of hydrogen-bond acceptors (Lipinski definition) is 5. The molecule has 0 fully saturated rings.